The quantitative estimate of drug-likeness (QED) is 0.284. The van der Waals surface area contributed by atoms with Crippen LogP contribution in [0.25, 0.3) is 0 Å². The fourth-order valence-corrected chi connectivity index (χ4v) is 4.44. The lowest BCUT2D eigenvalue weighted by atomic mass is 9.97. The Bertz CT molecular complexity index is 1220. The number of anilines is 1. The smallest absolute Gasteiger partial charge is 0.493 e. The van der Waals surface area contributed by atoms with E-state index in [2.05, 4.69) is 14.6 Å². The molecule has 0 N–H and O–H groups in total. The predicted octanol–water partition coefficient (Wildman–Crippen LogP) is 4.83. The molecule has 1 fully saturated rings. The van der Waals surface area contributed by atoms with Crippen LogP contribution >= 0.6 is 0 Å². The van der Waals surface area contributed by atoms with Gasteiger partial charge in [0.15, 0.2) is 6.10 Å². The van der Waals surface area contributed by atoms with Gasteiger partial charge in [-0.1, -0.05) is 0 Å². The Morgan fingerprint density at radius 1 is 0.974 bits per heavy atom. The highest BCUT2D eigenvalue weighted by atomic mass is 19.4. The van der Waals surface area contributed by atoms with E-state index in [0.717, 1.165) is 31.6 Å². The minimum atomic E-state index is -4.71. The lowest BCUT2D eigenvalue weighted by Gasteiger charge is -2.33. The van der Waals surface area contributed by atoms with E-state index in [1.54, 1.807) is 4.57 Å². The molecule has 0 radical (unpaired) electrons. The second-order valence-corrected chi connectivity index (χ2v) is 9.10. The molecule has 2 aliphatic rings. The first kappa shape index (κ1) is 25.5. The third kappa shape index (κ3) is 6.39. The first-order valence-corrected chi connectivity index (χ1v) is 12.1. The summed E-state index contributed by atoms with van der Waals surface area (Å²) in [5.74, 6) is 1.04. The maximum atomic E-state index is 12.3. The van der Waals surface area contributed by atoms with Crippen molar-refractivity contribution < 1.29 is 37.0 Å². The van der Waals surface area contributed by atoms with Crippen LogP contribution < -0.4 is 23.8 Å². The minimum Gasteiger partial charge on any atom is -0.493 e. The van der Waals surface area contributed by atoms with E-state index in [4.69, 9.17) is 14.2 Å². The largest absolute Gasteiger partial charge is 0.573 e. The summed E-state index contributed by atoms with van der Waals surface area (Å²) in [6.07, 6.45) is -1.77. The van der Waals surface area contributed by atoms with Crippen LogP contribution in [0.3, 0.4) is 0 Å². The lowest BCUT2D eigenvalue weighted by molar-refractivity contribution is -0.389. The summed E-state index contributed by atoms with van der Waals surface area (Å²) in [4.78, 5) is 16.4. The summed E-state index contributed by atoms with van der Waals surface area (Å²) in [5, 5.41) is 10.8. The van der Waals surface area contributed by atoms with E-state index >= 15 is 0 Å². The number of piperidine rings is 1. The molecule has 0 bridgehead atoms. The van der Waals surface area contributed by atoms with E-state index in [1.807, 2.05) is 24.3 Å². The topological polar surface area (TPSA) is 101 Å². The van der Waals surface area contributed by atoms with Gasteiger partial charge < -0.3 is 34.0 Å². The van der Waals surface area contributed by atoms with Gasteiger partial charge in [0.05, 0.1) is 13.2 Å². The Kier molecular flexibility index (Phi) is 7.16. The summed E-state index contributed by atoms with van der Waals surface area (Å²) < 4.78 is 59.5. The van der Waals surface area contributed by atoms with E-state index in [0.29, 0.717) is 37.2 Å². The number of nitro groups is 1. The Hall–Kier alpha value is -4.16. The number of benzene rings is 2. The van der Waals surface area contributed by atoms with Gasteiger partial charge in [-0.05, 0) is 72.2 Å². The molecule has 0 saturated carbocycles. The van der Waals surface area contributed by atoms with Crippen molar-refractivity contribution in [3.05, 3.63) is 64.8 Å². The summed E-state index contributed by atoms with van der Waals surface area (Å²) in [6.45, 7) is 2.95. The Labute approximate surface area is 215 Å². The zero-order valence-electron chi connectivity index (χ0n) is 20.2. The normalized spacial score (nSPS) is 17.6. The molecule has 13 heteroatoms. The number of aromatic nitrogens is 2. The molecule has 1 atom stereocenters. The van der Waals surface area contributed by atoms with Crippen molar-refractivity contribution in [2.24, 2.45) is 5.92 Å². The maximum Gasteiger partial charge on any atom is 0.573 e. The van der Waals surface area contributed by atoms with Crippen molar-refractivity contribution in [2.45, 2.75) is 31.9 Å². The van der Waals surface area contributed by atoms with E-state index < -0.39 is 11.3 Å². The molecular formula is C25H25F3N4O6. The van der Waals surface area contributed by atoms with Crippen LogP contribution in [-0.4, -0.2) is 53.2 Å². The highest BCUT2D eigenvalue weighted by molar-refractivity contribution is 5.49. The van der Waals surface area contributed by atoms with Gasteiger partial charge in [-0.2, -0.15) is 0 Å². The third-order valence-electron chi connectivity index (χ3n) is 6.38. The lowest BCUT2D eigenvalue weighted by Crippen LogP contribution is -2.35. The van der Waals surface area contributed by atoms with Gasteiger partial charge in [-0.15, -0.1) is 13.2 Å². The molecular weight excluding hydrogens is 509 g/mol. The maximum absolute atomic E-state index is 12.3. The zero-order chi connectivity index (χ0) is 26.7. The first-order valence-electron chi connectivity index (χ1n) is 12.1. The van der Waals surface area contributed by atoms with Gasteiger partial charge in [0, 0.05) is 23.8 Å². The number of nitrogens with zero attached hydrogens (tertiary/aromatic N) is 4. The molecule has 2 aliphatic heterocycles. The molecule has 3 aromatic rings. The first-order chi connectivity index (χ1) is 18.2. The Morgan fingerprint density at radius 2 is 1.58 bits per heavy atom. The van der Waals surface area contributed by atoms with Gasteiger partial charge in [-0.25, -0.2) is 0 Å². The van der Waals surface area contributed by atoms with Crippen molar-refractivity contribution >= 4 is 11.5 Å². The highest BCUT2D eigenvalue weighted by Crippen LogP contribution is 2.29. The average Bonchev–Trinajstić information content (AvgIpc) is 3.46. The average molecular weight is 534 g/mol. The molecule has 1 aromatic heterocycles. The molecule has 202 valence electrons. The molecule has 2 aromatic carbocycles. The third-order valence-corrected chi connectivity index (χ3v) is 6.38. The van der Waals surface area contributed by atoms with Crippen molar-refractivity contribution in [1.29, 1.82) is 0 Å². The van der Waals surface area contributed by atoms with Crippen LogP contribution in [-0.2, 0) is 6.54 Å². The van der Waals surface area contributed by atoms with Gasteiger partial charge >= 0.3 is 18.2 Å². The number of hydrogen-bond acceptors (Lipinski definition) is 8. The van der Waals surface area contributed by atoms with Crippen LogP contribution in [0.2, 0.25) is 0 Å². The molecule has 10 nitrogen and oxygen atoms in total. The molecule has 38 heavy (non-hydrogen) atoms. The summed E-state index contributed by atoms with van der Waals surface area (Å²) in [7, 11) is 0. The molecule has 3 heterocycles. The molecule has 1 unspecified atom stereocenters. The zero-order valence-corrected chi connectivity index (χ0v) is 20.2. The van der Waals surface area contributed by atoms with Crippen LogP contribution in [0.15, 0.2) is 54.7 Å². The number of alkyl halides is 3. The Balaban J connectivity index is 1.02. The number of fused-ring (bicyclic) bond motifs is 1. The Morgan fingerprint density at radius 3 is 2.18 bits per heavy atom. The van der Waals surface area contributed by atoms with Gasteiger partial charge in [0.25, 0.3) is 0 Å². The van der Waals surface area contributed by atoms with Gasteiger partial charge in [0.1, 0.15) is 30.1 Å². The number of ether oxygens (including phenoxy) is 4. The fourth-order valence-electron chi connectivity index (χ4n) is 4.44. The molecule has 0 spiro atoms. The van der Waals surface area contributed by atoms with Crippen molar-refractivity contribution in [3.8, 4) is 23.3 Å². The molecule has 1 saturated heterocycles. The second-order valence-electron chi connectivity index (χ2n) is 9.10. The highest BCUT2D eigenvalue weighted by Gasteiger charge is 2.32. The second kappa shape index (κ2) is 10.7. The van der Waals surface area contributed by atoms with Crippen LogP contribution in [0.4, 0.5) is 24.7 Å². The van der Waals surface area contributed by atoms with E-state index in [9.17, 15) is 23.3 Å². The molecule has 0 amide bonds. The molecule has 5 rings (SSSR count). The number of imidazole rings is 1. The van der Waals surface area contributed by atoms with E-state index in [-0.39, 0.29) is 23.7 Å². The van der Waals surface area contributed by atoms with Crippen LogP contribution in [0.5, 0.6) is 23.3 Å². The number of hydrogen-bond donors (Lipinski definition) is 0. The minimum absolute atomic E-state index is 0.225. The van der Waals surface area contributed by atoms with Crippen LogP contribution in [0.1, 0.15) is 12.8 Å². The predicted molar refractivity (Wildman–Crippen MR) is 129 cm³/mol. The molecule has 0 aliphatic carbocycles. The number of rotatable bonds is 9. The SMILES string of the molecule is O=[N+]([O-])c1cn2c(n1)OC(COc1ccc(N3CCC(COc4ccc(OC(F)(F)F)cc4)CC3)cc1)C2. The standard InChI is InChI=1S/C25H25F3N4O6/c26-25(27,28)38-21-7-5-20(6-8-21)35-15-17-9-11-30(12-10-17)18-1-3-19(4-2-18)36-16-22-13-31-14-23(32(33)34)29-24(31)37-22/h1-8,14,17,22H,9-13,15-16H2. The summed E-state index contributed by atoms with van der Waals surface area (Å²) in [5.41, 5.74) is 1.08. The van der Waals surface area contributed by atoms with Crippen molar-refractivity contribution in [2.75, 3.05) is 31.2 Å². The summed E-state index contributed by atoms with van der Waals surface area (Å²) >= 11 is 0. The van der Waals surface area contributed by atoms with Gasteiger partial charge in [-0.3, -0.25) is 4.57 Å². The van der Waals surface area contributed by atoms with E-state index in [1.165, 1.54) is 30.5 Å². The summed E-state index contributed by atoms with van der Waals surface area (Å²) in [6, 6.07) is 13.4. The number of halogens is 3. The fraction of sp³-hybridized carbons (Fsp3) is 0.400. The monoisotopic (exact) mass is 534 g/mol. The van der Waals surface area contributed by atoms with Crippen LogP contribution in [0, 0.1) is 16.0 Å². The van der Waals surface area contributed by atoms with Crippen molar-refractivity contribution in [3.63, 3.8) is 0 Å². The van der Waals surface area contributed by atoms with Crippen molar-refractivity contribution in [1.82, 2.24) is 9.55 Å². The van der Waals surface area contributed by atoms with Gasteiger partial charge in [0.2, 0.25) is 0 Å².